The molecule has 18 heavy (non-hydrogen) atoms. The summed E-state index contributed by atoms with van der Waals surface area (Å²) in [6.07, 6.45) is 0. The summed E-state index contributed by atoms with van der Waals surface area (Å²) in [5.41, 5.74) is 1.56. The Bertz CT molecular complexity index is 559. The highest BCUT2D eigenvalue weighted by molar-refractivity contribution is 9.10. The molecule has 0 amide bonds. The SMILES string of the molecule is CN(Cc1cccc(Br)c1O)c1cccc(F)c1. The van der Waals surface area contributed by atoms with Gasteiger partial charge < -0.3 is 10.0 Å². The zero-order valence-electron chi connectivity index (χ0n) is 9.90. The molecule has 0 aliphatic heterocycles. The number of nitrogens with zero attached hydrogens (tertiary/aromatic N) is 1. The molecular formula is C14H13BrFNO. The number of hydrogen-bond donors (Lipinski definition) is 1. The fourth-order valence-corrected chi connectivity index (χ4v) is 2.16. The molecule has 0 atom stereocenters. The molecule has 0 aliphatic rings. The van der Waals surface area contributed by atoms with Gasteiger partial charge in [0.2, 0.25) is 0 Å². The molecule has 2 rings (SSSR count). The smallest absolute Gasteiger partial charge is 0.134 e. The number of benzene rings is 2. The highest BCUT2D eigenvalue weighted by Gasteiger charge is 2.08. The van der Waals surface area contributed by atoms with E-state index in [1.54, 1.807) is 12.1 Å². The van der Waals surface area contributed by atoms with Crippen LogP contribution in [-0.2, 0) is 6.54 Å². The van der Waals surface area contributed by atoms with E-state index in [0.717, 1.165) is 11.3 Å². The Labute approximate surface area is 114 Å². The van der Waals surface area contributed by atoms with Gasteiger partial charge in [0.1, 0.15) is 11.6 Å². The Morgan fingerprint density at radius 3 is 2.67 bits per heavy atom. The van der Waals surface area contributed by atoms with Crippen LogP contribution in [0.3, 0.4) is 0 Å². The molecule has 0 aliphatic carbocycles. The second-order valence-corrected chi connectivity index (χ2v) is 4.94. The lowest BCUT2D eigenvalue weighted by Gasteiger charge is -2.20. The lowest BCUT2D eigenvalue weighted by molar-refractivity contribution is 0.464. The van der Waals surface area contributed by atoms with Gasteiger partial charge in [-0.2, -0.15) is 0 Å². The number of rotatable bonds is 3. The third kappa shape index (κ3) is 2.82. The van der Waals surface area contributed by atoms with Crippen molar-refractivity contribution in [1.82, 2.24) is 0 Å². The number of hydrogen-bond acceptors (Lipinski definition) is 2. The van der Waals surface area contributed by atoms with Gasteiger partial charge in [-0.1, -0.05) is 18.2 Å². The Morgan fingerprint density at radius 1 is 1.22 bits per heavy atom. The number of phenolic OH excluding ortho intramolecular Hbond substituents is 1. The Balaban J connectivity index is 2.21. The van der Waals surface area contributed by atoms with Crippen molar-refractivity contribution in [1.29, 1.82) is 0 Å². The molecule has 0 saturated carbocycles. The lowest BCUT2D eigenvalue weighted by atomic mass is 10.2. The molecular weight excluding hydrogens is 297 g/mol. The van der Waals surface area contributed by atoms with E-state index in [1.807, 2.05) is 30.1 Å². The number of anilines is 1. The molecule has 0 bridgehead atoms. The van der Waals surface area contributed by atoms with Crippen LogP contribution in [0, 0.1) is 5.82 Å². The topological polar surface area (TPSA) is 23.5 Å². The highest BCUT2D eigenvalue weighted by Crippen LogP contribution is 2.29. The summed E-state index contributed by atoms with van der Waals surface area (Å²) < 4.78 is 13.8. The van der Waals surface area contributed by atoms with Crippen LogP contribution in [0.2, 0.25) is 0 Å². The van der Waals surface area contributed by atoms with Crippen molar-refractivity contribution in [2.75, 3.05) is 11.9 Å². The largest absolute Gasteiger partial charge is 0.506 e. The summed E-state index contributed by atoms with van der Waals surface area (Å²) >= 11 is 3.28. The van der Waals surface area contributed by atoms with Crippen LogP contribution in [0.1, 0.15) is 5.56 Å². The van der Waals surface area contributed by atoms with Crippen molar-refractivity contribution < 1.29 is 9.50 Å². The van der Waals surface area contributed by atoms with Crippen molar-refractivity contribution in [2.45, 2.75) is 6.54 Å². The molecule has 0 spiro atoms. The highest BCUT2D eigenvalue weighted by atomic mass is 79.9. The first-order chi connectivity index (χ1) is 8.58. The van der Waals surface area contributed by atoms with E-state index in [1.165, 1.54) is 12.1 Å². The third-order valence-corrected chi connectivity index (χ3v) is 3.37. The number of para-hydroxylation sites is 1. The molecule has 0 fully saturated rings. The maximum absolute atomic E-state index is 13.1. The van der Waals surface area contributed by atoms with Gasteiger partial charge in [0.25, 0.3) is 0 Å². The quantitative estimate of drug-likeness (QED) is 0.928. The molecule has 2 aromatic carbocycles. The van der Waals surface area contributed by atoms with Gasteiger partial charge >= 0.3 is 0 Å². The standard InChI is InChI=1S/C14H13BrFNO/c1-17(12-6-3-5-11(16)8-12)9-10-4-2-7-13(15)14(10)18/h2-8,18H,9H2,1H3. The van der Waals surface area contributed by atoms with Crippen molar-refractivity contribution >= 4 is 21.6 Å². The first kappa shape index (κ1) is 12.9. The molecule has 0 saturated heterocycles. The molecule has 0 radical (unpaired) electrons. The molecule has 94 valence electrons. The maximum Gasteiger partial charge on any atom is 0.134 e. The molecule has 0 unspecified atom stereocenters. The van der Waals surface area contributed by atoms with Crippen molar-refractivity contribution in [3.63, 3.8) is 0 Å². The Hall–Kier alpha value is -1.55. The average Bonchev–Trinajstić information content (AvgIpc) is 2.35. The summed E-state index contributed by atoms with van der Waals surface area (Å²) in [6, 6.07) is 11.9. The van der Waals surface area contributed by atoms with Crippen LogP contribution in [-0.4, -0.2) is 12.2 Å². The van der Waals surface area contributed by atoms with E-state index in [0.29, 0.717) is 11.0 Å². The number of aromatic hydroxyl groups is 1. The van der Waals surface area contributed by atoms with Crippen molar-refractivity contribution in [3.05, 3.63) is 58.3 Å². The summed E-state index contributed by atoms with van der Waals surface area (Å²) in [5, 5.41) is 9.90. The molecule has 0 aromatic heterocycles. The predicted octanol–water partition coefficient (Wildman–Crippen LogP) is 3.93. The lowest BCUT2D eigenvalue weighted by Crippen LogP contribution is -2.16. The minimum atomic E-state index is -0.266. The normalized spacial score (nSPS) is 10.4. The van der Waals surface area contributed by atoms with E-state index in [-0.39, 0.29) is 11.6 Å². The molecule has 0 heterocycles. The van der Waals surface area contributed by atoms with E-state index >= 15 is 0 Å². The van der Waals surface area contributed by atoms with Gasteiger partial charge in [0.15, 0.2) is 0 Å². The van der Waals surface area contributed by atoms with Crippen LogP contribution in [0.15, 0.2) is 46.9 Å². The van der Waals surface area contributed by atoms with E-state index in [4.69, 9.17) is 0 Å². The summed E-state index contributed by atoms with van der Waals surface area (Å²) in [7, 11) is 1.86. The Morgan fingerprint density at radius 2 is 1.94 bits per heavy atom. The van der Waals surface area contributed by atoms with Gasteiger partial charge in [0, 0.05) is 24.8 Å². The van der Waals surface area contributed by atoms with Gasteiger partial charge in [-0.15, -0.1) is 0 Å². The molecule has 4 heteroatoms. The van der Waals surface area contributed by atoms with Gasteiger partial charge in [-0.05, 0) is 40.2 Å². The zero-order chi connectivity index (χ0) is 13.1. The number of halogens is 2. The number of phenols is 1. The molecule has 1 N–H and O–H groups in total. The minimum absolute atomic E-state index is 0.223. The second-order valence-electron chi connectivity index (χ2n) is 4.08. The summed E-state index contributed by atoms with van der Waals surface area (Å²) in [5.74, 6) is -0.0430. The van der Waals surface area contributed by atoms with Gasteiger partial charge in [0.05, 0.1) is 4.47 Å². The maximum atomic E-state index is 13.1. The van der Waals surface area contributed by atoms with Crippen LogP contribution in [0.4, 0.5) is 10.1 Å². The van der Waals surface area contributed by atoms with Crippen LogP contribution in [0.25, 0.3) is 0 Å². The van der Waals surface area contributed by atoms with Crippen LogP contribution >= 0.6 is 15.9 Å². The average molecular weight is 310 g/mol. The molecule has 2 nitrogen and oxygen atoms in total. The fraction of sp³-hybridized carbons (Fsp3) is 0.143. The van der Waals surface area contributed by atoms with Crippen molar-refractivity contribution in [2.24, 2.45) is 0 Å². The Kier molecular flexibility index (Phi) is 3.87. The van der Waals surface area contributed by atoms with Crippen molar-refractivity contribution in [3.8, 4) is 5.75 Å². The second kappa shape index (κ2) is 5.40. The van der Waals surface area contributed by atoms with E-state index in [2.05, 4.69) is 15.9 Å². The first-order valence-electron chi connectivity index (χ1n) is 5.51. The van der Waals surface area contributed by atoms with E-state index in [9.17, 15) is 9.50 Å². The summed E-state index contributed by atoms with van der Waals surface area (Å²) in [4.78, 5) is 1.88. The monoisotopic (exact) mass is 309 g/mol. The van der Waals surface area contributed by atoms with E-state index < -0.39 is 0 Å². The van der Waals surface area contributed by atoms with Gasteiger partial charge in [-0.3, -0.25) is 0 Å². The third-order valence-electron chi connectivity index (χ3n) is 2.73. The van der Waals surface area contributed by atoms with Crippen LogP contribution in [0.5, 0.6) is 5.75 Å². The minimum Gasteiger partial charge on any atom is -0.506 e. The molecule has 2 aromatic rings. The fourth-order valence-electron chi connectivity index (χ4n) is 1.75. The van der Waals surface area contributed by atoms with Gasteiger partial charge in [-0.25, -0.2) is 4.39 Å². The first-order valence-corrected chi connectivity index (χ1v) is 6.30. The predicted molar refractivity (Wildman–Crippen MR) is 74.3 cm³/mol. The zero-order valence-corrected chi connectivity index (χ0v) is 11.5. The van der Waals surface area contributed by atoms with Crippen LogP contribution < -0.4 is 4.90 Å². The summed E-state index contributed by atoms with van der Waals surface area (Å²) in [6.45, 7) is 0.509.